The molecular weight excluding hydrogens is 208 g/mol. The van der Waals surface area contributed by atoms with Gasteiger partial charge in [-0.2, -0.15) is 0 Å². The van der Waals surface area contributed by atoms with Crippen molar-refractivity contribution >= 4 is 11.9 Å². The molecule has 2 aliphatic rings. The van der Waals surface area contributed by atoms with Gasteiger partial charge in [0.15, 0.2) is 0 Å². The highest BCUT2D eigenvalue weighted by Gasteiger charge is 2.35. The molecule has 0 aromatic heterocycles. The van der Waals surface area contributed by atoms with Crippen LogP contribution in [0.3, 0.4) is 0 Å². The van der Waals surface area contributed by atoms with Crippen LogP contribution in [0.2, 0.25) is 0 Å². The average molecular weight is 230 g/mol. The van der Waals surface area contributed by atoms with Crippen LogP contribution in [0.1, 0.15) is 25.7 Å². The van der Waals surface area contributed by atoms with Crippen LogP contribution in [-0.2, 0) is 4.74 Å². The normalized spacial score (nSPS) is 27.0. The van der Waals surface area contributed by atoms with Gasteiger partial charge >= 0.3 is 0 Å². The molecule has 1 N–H and O–H groups in total. The van der Waals surface area contributed by atoms with Crippen molar-refractivity contribution in [2.45, 2.75) is 31.2 Å². The summed E-state index contributed by atoms with van der Waals surface area (Å²) in [4.78, 5) is 2.55. The minimum absolute atomic E-state index is 0.386. The van der Waals surface area contributed by atoms with Gasteiger partial charge in [-0.3, -0.25) is 9.62 Å². The first-order valence-electron chi connectivity index (χ1n) is 5.95. The van der Waals surface area contributed by atoms with Gasteiger partial charge in [0.05, 0.1) is 13.2 Å². The van der Waals surface area contributed by atoms with E-state index in [1.165, 1.54) is 32.2 Å². The molecule has 0 unspecified atom stereocenters. The highest BCUT2D eigenvalue weighted by atomic mass is 32.2. The SMILES string of the molecule is CSNC1(CN2CCOCC2)CCCC1. The first-order valence-corrected chi connectivity index (χ1v) is 7.17. The molecular formula is C11H22N2OS. The molecule has 0 amide bonds. The van der Waals surface area contributed by atoms with Crippen molar-refractivity contribution < 1.29 is 4.74 Å². The molecule has 1 saturated carbocycles. The van der Waals surface area contributed by atoms with Crippen LogP contribution in [0.5, 0.6) is 0 Å². The zero-order chi connectivity index (χ0) is 10.6. The first-order chi connectivity index (χ1) is 7.35. The van der Waals surface area contributed by atoms with E-state index in [0.29, 0.717) is 5.54 Å². The topological polar surface area (TPSA) is 24.5 Å². The Kier molecular flexibility index (Phi) is 4.31. The molecule has 0 radical (unpaired) electrons. The molecule has 3 nitrogen and oxygen atoms in total. The van der Waals surface area contributed by atoms with Crippen LogP contribution in [0.4, 0.5) is 0 Å². The van der Waals surface area contributed by atoms with E-state index in [-0.39, 0.29) is 0 Å². The maximum Gasteiger partial charge on any atom is 0.0594 e. The zero-order valence-corrected chi connectivity index (χ0v) is 10.4. The summed E-state index contributed by atoms with van der Waals surface area (Å²) in [5.74, 6) is 0. The molecule has 1 aliphatic carbocycles. The Bertz CT molecular complexity index is 189. The summed E-state index contributed by atoms with van der Waals surface area (Å²) in [6.07, 6.45) is 7.59. The van der Waals surface area contributed by atoms with Crippen LogP contribution in [0.15, 0.2) is 0 Å². The van der Waals surface area contributed by atoms with Crippen molar-refractivity contribution in [2.75, 3.05) is 39.1 Å². The monoisotopic (exact) mass is 230 g/mol. The number of hydrogen-bond acceptors (Lipinski definition) is 4. The minimum Gasteiger partial charge on any atom is -0.379 e. The third kappa shape index (κ3) is 3.09. The fourth-order valence-corrected chi connectivity index (χ4v) is 3.45. The molecule has 1 saturated heterocycles. The fraction of sp³-hybridized carbons (Fsp3) is 1.00. The number of rotatable bonds is 4. The Morgan fingerprint density at radius 2 is 1.93 bits per heavy atom. The van der Waals surface area contributed by atoms with E-state index in [1.807, 2.05) is 0 Å². The Morgan fingerprint density at radius 3 is 2.53 bits per heavy atom. The molecule has 0 aromatic rings. The summed E-state index contributed by atoms with van der Waals surface area (Å²) < 4.78 is 9.03. The highest BCUT2D eigenvalue weighted by molar-refractivity contribution is 7.96. The summed E-state index contributed by atoms with van der Waals surface area (Å²) >= 11 is 1.78. The molecule has 4 heteroatoms. The molecule has 15 heavy (non-hydrogen) atoms. The summed E-state index contributed by atoms with van der Waals surface area (Å²) in [5, 5.41) is 0. The van der Waals surface area contributed by atoms with E-state index >= 15 is 0 Å². The second-order valence-electron chi connectivity index (χ2n) is 4.68. The van der Waals surface area contributed by atoms with Crippen LogP contribution in [0, 0.1) is 0 Å². The zero-order valence-electron chi connectivity index (χ0n) is 9.63. The highest BCUT2D eigenvalue weighted by Crippen LogP contribution is 2.32. The van der Waals surface area contributed by atoms with Crippen molar-refractivity contribution in [1.29, 1.82) is 0 Å². The van der Waals surface area contributed by atoms with E-state index in [1.54, 1.807) is 11.9 Å². The number of hydrogen-bond donors (Lipinski definition) is 1. The van der Waals surface area contributed by atoms with E-state index in [2.05, 4.69) is 15.9 Å². The molecule has 2 rings (SSSR count). The van der Waals surface area contributed by atoms with Gasteiger partial charge in [0.1, 0.15) is 0 Å². The second-order valence-corrected chi connectivity index (χ2v) is 5.29. The number of nitrogens with one attached hydrogen (secondary N) is 1. The Balaban J connectivity index is 1.87. The Hall–Kier alpha value is 0.230. The lowest BCUT2D eigenvalue weighted by Gasteiger charge is -2.37. The predicted octanol–water partition coefficient (Wildman–Crippen LogP) is 1.50. The van der Waals surface area contributed by atoms with Crippen LogP contribution in [-0.4, -0.2) is 49.5 Å². The molecule has 88 valence electrons. The van der Waals surface area contributed by atoms with E-state index in [9.17, 15) is 0 Å². The molecule has 0 aromatic carbocycles. The van der Waals surface area contributed by atoms with Crippen LogP contribution in [0.25, 0.3) is 0 Å². The Labute approximate surface area is 97.1 Å². The predicted molar refractivity (Wildman–Crippen MR) is 65.1 cm³/mol. The second kappa shape index (κ2) is 5.53. The van der Waals surface area contributed by atoms with Gasteiger partial charge in [-0.05, 0) is 19.1 Å². The standard InChI is InChI=1S/C11H22N2OS/c1-15-12-11(4-2-3-5-11)10-13-6-8-14-9-7-13/h12H,2-10H2,1H3. The Morgan fingerprint density at radius 1 is 1.27 bits per heavy atom. The maximum atomic E-state index is 5.39. The molecule has 0 atom stereocenters. The third-order valence-electron chi connectivity index (χ3n) is 3.51. The van der Waals surface area contributed by atoms with Crippen molar-refractivity contribution in [3.05, 3.63) is 0 Å². The van der Waals surface area contributed by atoms with Gasteiger partial charge < -0.3 is 4.74 Å². The van der Waals surface area contributed by atoms with Crippen molar-refractivity contribution in [1.82, 2.24) is 9.62 Å². The molecule has 1 aliphatic heterocycles. The summed E-state index contributed by atoms with van der Waals surface area (Å²) in [6.45, 7) is 5.25. The largest absolute Gasteiger partial charge is 0.379 e. The van der Waals surface area contributed by atoms with Gasteiger partial charge in [0, 0.05) is 25.2 Å². The summed E-state index contributed by atoms with van der Waals surface area (Å²) in [6, 6.07) is 0. The van der Waals surface area contributed by atoms with Crippen LogP contribution >= 0.6 is 11.9 Å². The van der Waals surface area contributed by atoms with Gasteiger partial charge in [-0.1, -0.05) is 24.8 Å². The van der Waals surface area contributed by atoms with Gasteiger partial charge in [-0.25, -0.2) is 0 Å². The molecule has 1 heterocycles. The number of nitrogens with zero attached hydrogens (tertiary/aromatic N) is 1. The minimum atomic E-state index is 0.386. The van der Waals surface area contributed by atoms with Gasteiger partial charge in [0.25, 0.3) is 0 Å². The molecule has 0 spiro atoms. The molecule has 0 bridgehead atoms. The summed E-state index contributed by atoms with van der Waals surface area (Å²) in [7, 11) is 0. The van der Waals surface area contributed by atoms with Crippen LogP contribution < -0.4 is 4.72 Å². The maximum absolute atomic E-state index is 5.39. The lowest BCUT2D eigenvalue weighted by atomic mass is 9.98. The smallest absolute Gasteiger partial charge is 0.0594 e. The number of morpholine rings is 1. The van der Waals surface area contributed by atoms with E-state index in [4.69, 9.17) is 4.74 Å². The van der Waals surface area contributed by atoms with E-state index < -0.39 is 0 Å². The van der Waals surface area contributed by atoms with Crippen molar-refractivity contribution in [3.63, 3.8) is 0 Å². The first kappa shape index (κ1) is 11.7. The summed E-state index contributed by atoms with van der Waals surface area (Å²) in [5.41, 5.74) is 0.386. The fourth-order valence-electron chi connectivity index (χ4n) is 2.75. The van der Waals surface area contributed by atoms with Crippen molar-refractivity contribution in [3.8, 4) is 0 Å². The lowest BCUT2D eigenvalue weighted by Crippen LogP contribution is -2.51. The van der Waals surface area contributed by atoms with Gasteiger partial charge in [-0.15, -0.1) is 0 Å². The third-order valence-corrected chi connectivity index (χ3v) is 4.15. The van der Waals surface area contributed by atoms with Crippen molar-refractivity contribution in [2.24, 2.45) is 0 Å². The van der Waals surface area contributed by atoms with E-state index in [0.717, 1.165) is 26.3 Å². The number of ether oxygens (including phenoxy) is 1. The van der Waals surface area contributed by atoms with Gasteiger partial charge in [0.2, 0.25) is 0 Å². The quantitative estimate of drug-likeness (QED) is 0.740. The average Bonchev–Trinajstić information content (AvgIpc) is 2.69. The lowest BCUT2D eigenvalue weighted by molar-refractivity contribution is 0.0266. The molecule has 2 fully saturated rings.